The number of sulfonamides is 1. The van der Waals surface area contributed by atoms with Crippen LogP contribution < -0.4 is 4.72 Å². The Hall–Kier alpha value is -0.910. The highest BCUT2D eigenvalue weighted by molar-refractivity contribution is 7.89. The molecule has 0 aromatic heterocycles. The van der Waals surface area contributed by atoms with Gasteiger partial charge in [0, 0.05) is 13.2 Å². The van der Waals surface area contributed by atoms with Crippen LogP contribution in [0.4, 0.5) is 0 Å². The van der Waals surface area contributed by atoms with E-state index < -0.39 is 10.0 Å². The first-order valence-corrected chi connectivity index (χ1v) is 8.06. The topological polar surface area (TPSA) is 66.4 Å². The van der Waals surface area contributed by atoms with Crippen molar-refractivity contribution >= 4 is 10.0 Å². The van der Waals surface area contributed by atoms with Crippen LogP contribution >= 0.6 is 0 Å². The van der Waals surface area contributed by atoms with Crippen LogP contribution in [0.25, 0.3) is 0 Å². The number of hydrogen-bond acceptors (Lipinski definition) is 3. The summed E-state index contributed by atoms with van der Waals surface area (Å²) < 4.78 is 27.2. The van der Waals surface area contributed by atoms with Crippen LogP contribution in [0.3, 0.4) is 0 Å². The predicted octanol–water partition coefficient (Wildman–Crippen LogP) is 1.99. The summed E-state index contributed by atoms with van der Waals surface area (Å²) in [6, 6.07) is 5.40. The standard InChI is InChI=1S/C14H23NO3S/c1-4-13(7-8-16)10-15-19(17,18)14-9-11(2)5-6-12(14)3/h5-6,9,13,15-16H,4,7-8,10H2,1-3H3. The van der Waals surface area contributed by atoms with E-state index in [4.69, 9.17) is 5.11 Å². The van der Waals surface area contributed by atoms with Crippen LogP contribution in [0.1, 0.15) is 30.9 Å². The fraction of sp³-hybridized carbons (Fsp3) is 0.571. The van der Waals surface area contributed by atoms with Crippen LogP contribution in [0, 0.1) is 19.8 Å². The Balaban J connectivity index is 2.83. The number of hydrogen-bond donors (Lipinski definition) is 2. The monoisotopic (exact) mass is 285 g/mol. The zero-order valence-electron chi connectivity index (χ0n) is 11.8. The van der Waals surface area contributed by atoms with Gasteiger partial charge in [-0.2, -0.15) is 0 Å². The highest BCUT2D eigenvalue weighted by atomic mass is 32.2. The van der Waals surface area contributed by atoms with E-state index in [9.17, 15) is 8.42 Å². The second-order valence-corrected chi connectivity index (χ2v) is 6.64. The molecule has 0 aliphatic rings. The molecule has 0 saturated heterocycles. The van der Waals surface area contributed by atoms with Crippen molar-refractivity contribution in [1.29, 1.82) is 0 Å². The molecule has 1 atom stereocenters. The Morgan fingerprint density at radius 1 is 1.32 bits per heavy atom. The lowest BCUT2D eigenvalue weighted by molar-refractivity contribution is 0.254. The Morgan fingerprint density at radius 3 is 2.58 bits per heavy atom. The van der Waals surface area contributed by atoms with Gasteiger partial charge < -0.3 is 5.11 Å². The highest BCUT2D eigenvalue weighted by Gasteiger charge is 2.18. The molecule has 1 aromatic rings. The molecule has 19 heavy (non-hydrogen) atoms. The molecule has 0 heterocycles. The van der Waals surface area contributed by atoms with Gasteiger partial charge in [0.15, 0.2) is 0 Å². The van der Waals surface area contributed by atoms with E-state index in [1.54, 1.807) is 13.0 Å². The minimum Gasteiger partial charge on any atom is -0.396 e. The summed E-state index contributed by atoms with van der Waals surface area (Å²) in [6.45, 7) is 6.11. The van der Waals surface area contributed by atoms with E-state index >= 15 is 0 Å². The number of aryl methyl sites for hydroxylation is 2. The Bertz CT molecular complexity index is 511. The molecule has 1 unspecified atom stereocenters. The first-order chi connectivity index (χ1) is 8.90. The Morgan fingerprint density at radius 2 is 2.00 bits per heavy atom. The van der Waals surface area contributed by atoms with E-state index in [0.29, 0.717) is 17.9 Å². The van der Waals surface area contributed by atoms with Crippen molar-refractivity contribution in [2.45, 2.75) is 38.5 Å². The van der Waals surface area contributed by atoms with Crippen molar-refractivity contribution in [3.05, 3.63) is 29.3 Å². The van der Waals surface area contributed by atoms with Crippen molar-refractivity contribution in [2.75, 3.05) is 13.2 Å². The van der Waals surface area contributed by atoms with Gasteiger partial charge in [0.25, 0.3) is 0 Å². The summed E-state index contributed by atoms with van der Waals surface area (Å²) >= 11 is 0. The van der Waals surface area contributed by atoms with Gasteiger partial charge in [-0.3, -0.25) is 0 Å². The predicted molar refractivity (Wildman–Crippen MR) is 76.6 cm³/mol. The summed E-state index contributed by atoms with van der Waals surface area (Å²) in [6.07, 6.45) is 1.46. The van der Waals surface area contributed by atoms with Crippen LogP contribution in [0.5, 0.6) is 0 Å². The van der Waals surface area contributed by atoms with Crippen molar-refractivity contribution < 1.29 is 13.5 Å². The molecular weight excluding hydrogens is 262 g/mol. The molecule has 0 fully saturated rings. The largest absolute Gasteiger partial charge is 0.396 e. The minimum atomic E-state index is -3.47. The van der Waals surface area contributed by atoms with Crippen LogP contribution in [-0.4, -0.2) is 26.7 Å². The van der Waals surface area contributed by atoms with E-state index in [1.165, 1.54) is 0 Å². The molecular formula is C14H23NO3S. The molecule has 0 aliphatic carbocycles. The maximum absolute atomic E-state index is 12.3. The number of aliphatic hydroxyl groups excluding tert-OH is 1. The van der Waals surface area contributed by atoms with E-state index in [-0.39, 0.29) is 12.5 Å². The van der Waals surface area contributed by atoms with Crippen molar-refractivity contribution in [3.63, 3.8) is 0 Å². The second kappa shape index (κ2) is 7.03. The third-order valence-electron chi connectivity index (χ3n) is 3.31. The zero-order valence-corrected chi connectivity index (χ0v) is 12.6. The van der Waals surface area contributed by atoms with Gasteiger partial charge in [0.2, 0.25) is 10.0 Å². The summed E-state index contributed by atoms with van der Waals surface area (Å²) in [4.78, 5) is 0.339. The van der Waals surface area contributed by atoms with Crippen molar-refractivity contribution in [2.24, 2.45) is 5.92 Å². The summed E-state index contributed by atoms with van der Waals surface area (Å²) in [5.41, 5.74) is 1.67. The molecule has 1 aromatic carbocycles. The van der Waals surface area contributed by atoms with Crippen LogP contribution in [0.15, 0.2) is 23.1 Å². The molecule has 0 bridgehead atoms. The third kappa shape index (κ3) is 4.60. The molecule has 5 heteroatoms. The fourth-order valence-corrected chi connectivity index (χ4v) is 3.38. The van der Waals surface area contributed by atoms with Gasteiger partial charge in [-0.25, -0.2) is 13.1 Å². The van der Waals surface area contributed by atoms with Gasteiger partial charge in [-0.05, 0) is 43.4 Å². The lowest BCUT2D eigenvalue weighted by Crippen LogP contribution is -2.30. The van der Waals surface area contributed by atoms with E-state index in [1.807, 2.05) is 26.0 Å². The Kier molecular flexibility index (Phi) is 5.97. The molecule has 0 saturated carbocycles. The lowest BCUT2D eigenvalue weighted by atomic mass is 10.0. The number of rotatable bonds is 7. The van der Waals surface area contributed by atoms with E-state index in [0.717, 1.165) is 17.5 Å². The first-order valence-electron chi connectivity index (χ1n) is 6.58. The van der Waals surface area contributed by atoms with Gasteiger partial charge in [-0.15, -0.1) is 0 Å². The Labute approximate surface area is 115 Å². The molecule has 0 amide bonds. The SMILES string of the molecule is CCC(CCO)CNS(=O)(=O)c1cc(C)ccc1C. The molecule has 0 radical (unpaired) electrons. The summed E-state index contributed by atoms with van der Waals surface area (Å²) in [5, 5.41) is 8.92. The first kappa shape index (κ1) is 16.1. The molecule has 1 rings (SSSR count). The number of aliphatic hydroxyl groups is 1. The highest BCUT2D eigenvalue weighted by Crippen LogP contribution is 2.17. The molecule has 0 aliphatic heterocycles. The smallest absolute Gasteiger partial charge is 0.240 e. The average molecular weight is 285 g/mol. The zero-order chi connectivity index (χ0) is 14.5. The van der Waals surface area contributed by atoms with Crippen molar-refractivity contribution in [3.8, 4) is 0 Å². The fourth-order valence-electron chi connectivity index (χ4n) is 1.94. The van der Waals surface area contributed by atoms with Gasteiger partial charge >= 0.3 is 0 Å². The molecule has 4 nitrogen and oxygen atoms in total. The van der Waals surface area contributed by atoms with E-state index in [2.05, 4.69) is 4.72 Å². The molecule has 108 valence electrons. The second-order valence-electron chi connectivity index (χ2n) is 4.91. The lowest BCUT2D eigenvalue weighted by Gasteiger charge is -2.15. The molecule has 2 N–H and O–H groups in total. The summed E-state index contributed by atoms with van der Waals surface area (Å²) in [5.74, 6) is 0.171. The number of benzene rings is 1. The van der Waals surface area contributed by atoms with Gasteiger partial charge in [0.1, 0.15) is 0 Å². The maximum atomic E-state index is 12.3. The number of nitrogens with one attached hydrogen (secondary N) is 1. The van der Waals surface area contributed by atoms with Crippen LogP contribution in [-0.2, 0) is 10.0 Å². The van der Waals surface area contributed by atoms with Crippen molar-refractivity contribution in [1.82, 2.24) is 4.72 Å². The third-order valence-corrected chi connectivity index (χ3v) is 4.88. The summed E-state index contributed by atoms with van der Waals surface area (Å²) in [7, 11) is -3.47. The maximum Gasteiger partial charge on any atom is 0.240 e. The minimum absolute atomic E-state index is 0.0870. The van der Waals surface area contributed by atoms with Crippen LogP contribution in [0.2, 0.25) is 0 Å². The van der Waals surface area contributed by atoms with Gasteiger partial charge in [-0.1, -0.05) is 25.5 Å². The quantitative estimate of drug-likeness (QED) is 0.805. The average Bonchev–Trinajstić information content (AvgIpc) is 2.37. The molecule has 0 spiro atoms. The van der Waals surface area contributed by atoms with Gasteiger partial charge in [0.05, 0.1) is 4.90 Å². The normalized spacial score (nSPS) is 13.5.